The van der Waals surface area contributed by atoms with Gasteiger partial charge in [-0.3, -0.25) is 9.59 Å². The Morgan fingerprint density at radius 2 is 1.90 bits per heavy atom. The summed E-state index contributed by atoms with van der Waals surface area (Å²) in [6.07, 6.45) is 0. The third kappa shape index (κ3) is 4.37. The van der Waals surface area contributed by atoms with Crippen molar-refractivity contribution in [1.29, 1.82) is 0 Å². The lowest BCUT2D eigenvalue weighted by Crippen LogP contribution is -2.42. The molecule has 0 unspecified atom stereocenters. The highest BCUT2D eigenvalue weighted by molar-refractivity contribution is 7.89. The highest BCUT2D eigenvalue weighted by Gasteiger charge is 2.30. The van der Waals surface area contributed by atoms with Crippen molar-refractivity contribution < 1.29 is 17.7 Å². The van der Waals surface area contributed by atoms with Crippen molar-refractivity contribution in [2.45, 2.75) is 45.1 Å². The van der Waals surface area contributed by atoms with Crippen LogP contribution in [0.3, 0.4) is 0 Å². The fourth-order valence-electron chi connectivity index (χ4n) is 3.25. The number of sulfonamides is 1. The molecule has 0 bridgehead atoms. The van der Waals surface area contributed by atoms with Crippen LogP contribution in [0.5, 0.6) is 0 Å². The molecule has 10 nitrogen and oxygen atoms in total. The van der Waals surface area contributed by atoms with Gasteiger partial charge in [-0.05, 0) is 32.0 Å². The first-order valence-electron chi connectivity index (χ1n) is 9.80. The van der Waals surface area contributed by atoms with Gasteiger partial charge in [0.15, 0.2) is 5.82 Å². The van der Waals surface area contributed by atoms with Gasteiger partial charge in [-0.2, -0.15) is 9.29 Å². The second-order valence-electron chi connectivity index (χ2n) is 7.56. The molecule has 0 fully saturated rings. The van der Waals surface area contributed by atoms with E-state index in [0.29, 0.717) is 29.9 Å². The fraction of sp³-hybridized carbons (Fsp3) is 0.400. The molecule has 2 aromatic heterocycles. The lowest BCUT2D eigenvalue weighted by atomic mass is 10.0. The number of amides is 1. The minimum Gasteiger partial charge on any atom is -0.340 e. The molecule has 0 atom stereocenters. The summed E-state index contributed by atoms with van der Waals surface area (Å²) in [5.41, 5.74) is -1.08. The smallest absolute Gasteiger partial charge is 0.252 e. The molecule has 2 N–H and O–H groups in total. The molecular formula is C20H25N5O5S. The highest BCUT2D eigenvalue weighted by Crippen LogP contribution is 2.24. The van der Waals surface area contributed by atoms with Crippen molar-refractivity contribution in [3.63, 3.8) is 0 Å². The van der Waals surface area contributed by atoms with E-state index in [4.69, 9.17) is 4.52 Å². The van der Waals surface area contributed by atoms with E-state index >= 15 is 0 Å². The van der Waals surface area contributed by atoms with Crippen LogP contribution in [0.15, 0.2) is 38.5 Å². The summed E-state index contributed by atoms with van der Waals surface area (Å²) >= 11 is 0. The van der Waals surface area contributed by atoms with E-state index in [1.165, 1.54) is 22.5 Å². The largest absolute Gasteiger partial charge is 0.340 e. The maximum atomic E-state index is 13.1. The Bertz CT molecular complexity index is 1290. The fourth-order valence-corrected chi connectivity index (χ4v) is 4.74. The van der Waals surface area contributed by atoms with E-state index in [2.05, 4.69) is 20.4 Å². The van der Waals surface area contributed by atoms with Crippen molar-refractivity contribution in [3.8, 4) is 0 Å². The number of pyridine rings is 1. The van der Waals surface area contributed by atoms with Gasteiger partial charge in [-0.15, -0.1) is 0 Å². The molecule has 0 aliphatic heterocycles. The second kappa shape index (κ2) is 8.23. The summed E-state index contributed by atoms with van der Waals surface area (Å²) in [5.74, 6) is 0.0587. The van der Waals surface area contributed by atoms with E-state index in [0.717, 1.165) is 6.07 Å². The molecule has 31 heavy (non-hydrogen) atoms. The van der Waals surface area contributed by atoms with Gasteiger partial charge in [-0.25, -0.2) is 8.42 Å². The van der Waals surface area contributed by atoms with Crippen molar-refractivity contribution >= 4 is 26.8 Å². The van der Waals surface area contributed by atoms with E-state index < -0.39 is 27.0 Å². The molecule has 0 aliphatic rings. The Hall–Kier alpha value is -3.05. The van der Waals surface area contributed by atoms with Gasteiger partial charge >= 0.3 is 0 Å². The number of hydrogen-bond acceptors (Lipinski definition) is 7. The zero-order valence-corrected chi connectivity index (χ0v) is 18.8. The highest BCUT2D eigenvalue weighted by atomic mass is 32.2. The van der Waals surface area contributed by atoms with Gasteiger partial charge < -0.3 is 14.8 Å². The standard InChI is InChI=1S/C20H25N5O5S/c1-6-25(7-2)31(28,29)13-8-9-16-14(10-13)15(11-17(26)22-16)18(27)23-20(4,5)19-21-12(3)30-24-19/h8-11H,6-7H2,1-5H3,(H,22,26)(H,23,27). The predicted molar refractivity (Wildman–Crippen MR) is 114 cm³/mol. The second-order valence-corrected chi connectivity index (χ2v) is 9.50. The molecular weight excluding hydrogens is 422 g/mol. The number of H-pyrrole nitrogens is 1. The first-order valence-corrected chi connectivity index (χ1v) is 11.2. The molecule has 3 aromatic rings. The number of fused-ring (bicyclic) bond motifs is 1. The number of nitrogens with zero attached hydrogens (tertiary/aromatic N) is 3. The summed E-state index contributed by atoms with van der Waals surface area (Å²) in [7, 11) is -3.74. The monoisotopic (exact) mass is 447 g/mol. The predicted octanol–water partition coefficient (Wildman–Crippen LogP) is 1.92. The Morgan fingerprint density at radius 1 is 1.23 bits per heavy atom. The normalized spacial score (nSPS) is 12.5. The number of rotatable bonds is 7. The van der Waals surface area contributed by atoms with Crippen LogP contribution in [0.1, 0.15) is 49.8 Å². The topological polar surface area (TPSA) is 138 Å². The van der Waals surface area contributed by atoms with Gasteiger partial charge in [0.05, 0.1) is 16.0 Å². The van der Waals surface area contributed by atoms with Crippen LogP contribution in [-0.4, -0.2) is 46.8 Å². The average molecular weight is 448 g/mol. The average Bonchev–Trinajstić information content (AvgIpc) is 3.14. The number of aryl methyl sites for hydroxylation is 1. The number of hydrogen-bond donors (Lipinski definition) is 2. The molecule has 0 saturated carbocycles. The lowest BCUT2D eigenvalue weighted by molar-refractivity contribution is 0.0909. The van der Waals surface area contributed by atoms with Gasteiger partial charge in [-0.1, -0.05) is 19.0 Å². The van der Waals surface area contributed by atoms with Crippen LogP contribution in [-0.2, 0) is 15.6 Å². The third-order valence-corrected chi connectivity index (χ3v) is 6.96. The first kappa shape index (κ1) is 22.6. The van der Waals surface area contributed by atoms with E-state index in [9.17, 15) is 18.0 Å². The summed E-state index contributed by atoms with van der Waals surface area (Å²) in [6, 6.07) is 5.44. The Labute approximate surface area is 179 Å². The van der Waals surface area contributed by atoms with Crippen LogP contribution >= 0.6 is 0 Å². The minimum absolute atomic E-state index is 0.0397. The number of benzene rings is 1. The maximum absolute atomic E-state index is 13.1. The zero-order valence-electron chi connectivity index (χ0n) is 18.0. The van der Waals surface area contributed by atoms with Crippen LogP contribution in [0.4, 0.5) is 0 Å². The molecule has 2 heterocycles. The molecule has 11 heteroatoms. The van der Waals surface area contributed by atoms with E-state index in [-0.39, 0.29) is 16.3 Å². The van der Waals surface area contributed by atoms with Crippen LogP contribution < -0.4 is 10.9 Å². The van der Waals surface area contributed by atoms with Crippen molar-refractivity contribution in [2.75, 3.05) is 13.1 Å². The molecule has 0 saturated heterocycles. The lowest BCUT2D eigenvalue weighted by Gasteiger charge is -2.23. The third-order valence-electron chi connectivity index (χ3n) is 4.91. The summed E-state index contributed by atoms with van der Waals surface area (Å²) in [5, 5.41) is 6.94. The molecule has 1 aromatic carbocycles. The number of aromatic nitrogens is 3. The van der Waals surface area contributed by atoms with Crippen molar-refractivity contribution in [2.24, 2.45) is 0 Å². The number of nitrogens with one attached hydrogen (secondary N) is 2. The Morgan fingerprint density at radius 3 is 2.48 bits per heavy atom. The van der Waals surface area contributed by atoms with Gasteiger partial charge in [0.2, 0.25) is 21.5 Å². The van der Waals surface area contributed by atoms with Crippen molar-refractivity contribution in [3.05, 3.63) is 51.9 Å². The number of carbonyl (C=O) groups excluding carboxylic acids is 1. The van der Waals surface area contributed by atoms with E-state index in [1.54, 1.807) is 34.6 Å². The Kier molecular flexibility index (Phi) is 6.01. The SMILES string of the molecule is CCN(CC)S(=O)(=O)c1ccc2[nH]c(=O)cc(C(=O)NC(C)(C)c3noc(C)n3)c2c1. The number of carbonyl (C=O) groups is 1. The summed E-state index contributed by atoms with van der Waals surface area (Å²) in [4.78, 5) is 32.1. The quantitative estimate of drug-likeness (QED) is 0.564. The Balaban J connectivity index is 2.09. The van der Waals surface area contributed by atoms with Gasteiger partial charge in [0, 0.05) is 37.0 Å². The molecule has 166 valence electrons. The minimum atomic E-state index is -3.74. The molecule has 3 rings (SSSR count). The molecule has 0 aliphatic carbocycles. The van der Waals surface area contributed by atoms with Gasteiger partial charge in [0.25, 0.3) is 5.91 Å². The molecule has 0 spiro atoms. The van der Waals surface area contributed by atoms with Crippen LogP contribution in [0, 0.1) is 6.92 Å². The zero-order chi connectivity index (χ0) is 23.0. The summed E-state index contributed by atoms with van der Waals surface area (Å²) < 4.78 is 32.2. The first-order chi connectivity index (χ1) is 14.5. The molecule has 0 radical (unpaired) electrons. The number of aromatic amines is 1. The van der Waals surface area contributed by atoms with Crippen LogP contribution in [0.25, 0.3) is 10.9 Å². The summed E-state index contributed by atoms with van der Waals surface area (Å²) in [6.45, 7) is 9.15. The maximum Gasteiger partial charge on any atom is 0.252 e. The van der Waals surface area contributed by atoms with E-state index in [1.807, 2.05) is 0 Å². The molecule has 1 amide bonds. The van der Waals surface area contributed by atoms with Gasteiger partial charge in [0.1, 0.15) is 0 Å². The van der Waals surface area contributed by atoms with Crippen molar-refractivity contribution in [1.82, 2.24) is 24.7 Å². The van der Waals surface area contributed by atoms with Crippen LogP contribution in [0.2, 0.25) is 0 Å².